The van der Waals surface area contributed by atoms with Crippen molar-refractivity contribution >= 4 is 5.91 Å². The second-order valence-corrected chi connectivity index (χ2v) is 4.62. The smallest absolute Gasteiger partial charge is 0.251 e. The third-order valence-electron chi connectivity index (χ3n) is 3.13. The van der Waals surface area contributed by atoms with Gasteiger partial charge in [-0.3, -0.25) is 4.79 Å². The fraction of sp³-hybridized carbons (Fsp3) is 0.538. The number of aromatic nitrogens is 1. The van der Waals surface area contributed by atoms with E-state index in [-0.39, 0.29) is 11.9 Å². The highest BCUT2D eigenvalue weighted by Crippen LogP contribution is 2.34. The molecule has 0 radical (unpaired) electrons. The van der Waals surface area contributed by atoms with Crippen LogP contribution in [0.2, 0.25) is 0 Å². The van der Waals surface area contributed by atoms with Gasteiger partial charge in [0.25, 0.3) is 5.91 Å². The Morgan fingerprint density at radius 3 is 3.00 bits per heavy atom. The highest BCUT2D eigenvalue weighted by Gasteiger charge is 2.25. The number of hydrogen-bond acceptors (Lipinski definition) is 2. The molecule has 1 fully saturated rings. The zero-order chi connectivity index (χ0) is 12.3. The van der Waals surface area contributed by atoms with Crippen LogP contribution >= 0.6 is 0 Å². The largest absolute Gasteiger partial charge is 0.349 e. The van der Waals surface area contributed by atoms with E-state index < -0.39 is 5.95 Å². The number of amides is 1. The molecule has 1 aromatic rings. The molecule has 1 aromatic heterocycles. The molecule has 1 aliphatic rings. The average molecular weight is 236 g/mol. The molecular weight excluding hydrogens is 219 g/mol. The van der Waals surface area contributed by atoms with Crippen LogP contribution in [0.1, 0.15) is 43.0 Å². The molecular formula is C13H17FN2O. The number of pyridine rings is 1. The van der Waals surface area contributed by atoms with Gasteiger partial charge in [-0.05, 0) is 24.8 Å². The Morgan fingerprint density at radius 1 is 1.65 bits per heavy atom. The summed E-state index contributed by atoms with van der Waals surface area (Å²) in [5, 5.41) is 2.95. The Balaban J connectivity index is 1.94. The van der Waals surface area contributed by atoms with Crippen molar-refractivity contribution < 1.29 is 9.18 Å². The Kier molecular flexibility index (Phi) is 3.71. The number of nitrogens with one attached hydrogen (secondary N) is 1. The third kappa shape index (κ3) is 3.51. The third-order valence-corrected chi connectivity index (χ3v) is 3.13. The first-order chi connectivity index (χ1) is 8.19. The van der Waals surface area contributed by atoms with Crippen molar-refractivity contribution in [2.75, 3.05) is 0 Å². The average Bonchev–Trinajstić information content (AvgIpc) is 3.12. The summed E-state index contributed by atoms with van der Waals surface area (Å²) in [4.78, 5) is 15.3. The molecule has 17 heavy (non-hydrogen) atoms. The van der Waals surface area contributed by atoms with Crippen LogP contribution in [0, 0.1) is 11.9 Å². The van der Waals surface area contributed by atoms with Crippen LogP contribution in [0.4, 0.5) is 4.39 Å². The van der Waals surface area contributed by atoms with E-state index in [2.05, 4.69) is 17.2 Å². The van der Waals surface area contributed by atoms with Gasteiger partial charge in [0.05, 0.1) is 0 Å². The predicted octanol–water partition coefficient (Wildman–Crippen LogP) is 2.53. The first-order valence-corrected chi connectivity index (χ1v) is 6.11. The van der Waals surface area contributed by atoms with Crippen molar-refractivity contribution in [1.82, 2.24) is 10.3 Å². The zero-order valence-corrected chi connectivity index (χ0v) is 9.95. The van der Waals surface area contributed by atoms with Gasteiger partial charge in [-0.2, -0.15) is 4.39 Å². The molecule has 1 heterocycles. The van der Waals surface area contributed by atoms with Gasteiger partial charge in [0, 0.05) is 23.9 Å². The van der Waals surface area contributed by atoms with Crippen LogP contribution in [0.3, 0.4) is 0 Å². The van der Waals surface area contributed by atoms with Gasteiger partial charge in [0.1, 0.15) is 0 Å². The van der Waals surface area contributed by atoms with E-state index >= 15 is 0 Å². The lowest BCUT2D eigenvalue weighted by Gasteiger charge is -2.16. The van der Waals surface area contributed by atoms with E-state index in [1.807, 2.05) is 0 Å². The Bertz CT molecular complexity index is 404. The molecule has 1 saturated carbocycles. The van der Waals surface area contributed by atoms with Gasteiger partial charge in [-0.25, -0.2) is 4.98 Å². The minimum atomic E-state index is -0.618. The van der Waals surface area contributed by atoms with Crippen LogP contribution in [0.5, 0.6) is 0 Å². The molecule has 1 aliphatic carbocycles. The van der Waals surface area contributed by atoms with E-state index in [9.17, 15) is 9.18 Å². The van der Waals surface area contributed by atoms with Gasteiger partial charge in [-0.15, -0.1) is 0 Å². The number of nitrogens with zero attached hydrogens (tertiary/aromatic N) is 1. The molecule has 2 rings (SSSR count). The molecule has 1 N–H and O–H groups in total. The van der Waals surface area contributed by atoms with E-state index in [4.69, 9.17) is 0 Å². The Morgan fingerprint density at radius 2 is 2.41 bits per heavy atom. The number of hydrogen-bond donors (Lipinski definition) is 1. The summed E-state index contributed by atoms with van der Waals surface area (Å²) in [5.74, 6) is -0.0545. The molecule has 0 spiro atoms. The molecule has 92 valence electrons. The molecule has 4 heteroatoms. The maximum Gasteiger partial charge on any atom is 0.251 e. The van der Waals surface area contributed by atoms with E-state index in [1.54, 1.807) is 0 Å². The minimum Gasteiger partial charge on any atom is -0.349 e. The summed E-state index contributed by atoms with van der Waals surface area (Å²) >= 11 is 0. The first-order valence-electron chi connectivity index (χ1n) is 6.11. The maximum atomic E-state index is 12.9. The number of rotatable bonds is 5. The monoisotopic (exact) mass is 236 g/mol. The maximum absolute atomic E-state index is 12.9. The Labute approximate surface area is 100 Å². The summed E-state index contributed by atoms with van der Waals surface area (Å²) < 4.78 is 12.9. The van der Waals surface area contributed by atoms with E-state index in [1.165, 1.54) is 31.2 Å². The van der Waals surface area contributed by atoms with Crippen LogP contribution < -0.4 is 5.32 Å². The molecule has 1 amide bonds. The second-order valence-electron chi connectivity index (χ2n) is 4.62. The van der Waals surface area contributed by atoms with Crippen molar-refractivity contribution in [2.45, 2.75) is 38.6 Å². The molecule has 0 bridgehead atoms. The fourth-order valence-corrected chi connectivity index (χ4v) is 1.90. The van der Waals surface area contributed by atoms with Crippen molar-refractivity contribution in [3.05, 3.63) is 29.8 Å². The van der Waals surface area contributed by atoms with Crippen molar-refractivity contribution in [3.63, 3.8) is 0 Å². The lowest BCUT2D eigenvalue weighted by molar-refractivity contribution is 0.0932. The molecule has 3 nitrogen and oxygen atoms in total. The van der Waals surface area contributed by atoms with Gasteiger partial charge in [0.2, 0.25) is 5.95 Å². The van der Waals surface area contributed by atoms with Gasteiger partial charge >= 0.3 is 0 Å². The van der Waals surface area contributed by atoms with E-state index in [0.29, 0.717) is 5.56 Å². The SMILES string of the molecule is CCC(CC1CC1)NC(=O)c1ccnc(F)c1. The standard InChI is InChI=1S/C13H17FN2O/c1-2-11(7-9-3-4-9)16-13(17)10-5-6-15-12(14)8-10/h5-6,8-9,11H,2-4,7H2,1H3,(H,16,17). The Hall–Kier alpha value is -1.45. The summed E-state index contributed by atoms with van der Waals surface area (Å²) in [6, 6.07) is 2.90. The molecule has 1 unspecified atom stereocenters. The molecule has 0 saturated heterocycles. The molecule has 1 atom stereocenters. The summed E-state index contributed by atoms with van der Waals surface area (Å²) in [7, 11) is 0. The topological polar surface area (TPSA) is 42.0 Å². The number of carbonyl (C=O) groups is 1. The van der Waals surface area contributed by atoms with Crippen LogP contribution in [0.25, 0.3) is 0 Å². The van der Waals surface area contributed by atoms with Crippen LogP contribution in [-0.2, 0) is 0 Å². The van der Waals surface area contributed by atoms with Gasteiger partial charge in [-0.1, -0.05) is 19.8 Å². The highest BCUT2D eigenvalue weighted by molar-refractivity contribution is 5.94. The quantitative estimate of drug-likeness (QED) is 0.798. The fourth-order valence-electron chi connectivity index (χ4n) is 1.90. The van der Waals surface area contributed by atoms with Crippen LogP contribution in [0.15, 0.2) is 18.3 Å². The van der Waals surface area contributed by atoms with Crippen molar-refractivity contribution in [3.8, 4) is 0 Å². The normalized spacial score (nSPS) is 16.6. The number of halogens is 1. The van der Waals surface area contributed by atoms with Gasteiger partial charge in [0.15, 0.2) is 0 Å². The summed E-state index contributed by atoms with van der Waals surface area (Å²) in [6.45, 7) is 2.06. The zero-order valence-electron chi connectivity index (χ0n) is 9.95. The van der Waals surface area contributed by atoms with Crippen LogP contribution in [-0.4, -0.2) is 16.9 Å². The summed E-state index contributed by atoms with van der Waals surface area (Å²) in [6.07, 6.45) is 5.81. The van der Waals surface area contributed by atoms with Crippen molar-refractivity contribution in [2.24, 2.45) is 5.92 Å². The second kappa shape index (κ2) is 5.25. The van der Waals surface area contributed by atoms with E-state index in [0.717, 1.165) is 18.8 Å². The lowest BCUT2D eigenvalue weighted by atomic mass is 10.1. The van der Waals surface area contributed by atoms with Crippen molar-refractivity contribution in [1.29, 1.82) is 0 Å². The first kappa shape index (κ1) is 12.0. The molecule has 0 aromatic carbocycles. The van der Waals surface area contributed by atoms with Gasteiger partial charge < -0.3 is 5.32 Å². The molecule has 0 aliphatic heterocycles. The predicted molar refractivity (Wildman–Crippen MR) is 63.1 cm³/mol. The highest BCUT2D eigenvalue weighted by atomic mass is 19.1. The summed E-state index contributed by atoms with van der Waals surface area (Å²) in [5.41, 5.74) is 0.340. The lowest BCUT2D eigenvalue weighted by Crippen LogP contribution is -2.34. The minimum absolute atomic E-state index is 0.200. The number of carbonyl (C=O) groups excluding carboxylic acids is 1.